The van der Waals surface area contributed by atoms with Crippen LogP contribution < -0.4 is 15.0 Å². The van der Waals surface area contributed by atoms with Gasteiger partial charge >= 0.3 is 0 Å². The summed E-state index contributed by atoms with van der Waals surface area (Å²) in [5.74, 6) is 1.87. The zero-order valence-electron chi connectivity index (χ0n) is 12.1. The van der Waals surface area contributed by atoms with Gasteiger partial charge in [0.15, 0.2) is 11.6 Å². The Morgan fingerprint density at radius 3 is 3.16 bits per heavy atom. The zero-order chi connectivity index (χ0) is 13.5. The summed E-state index contributed by atoms with van der Waals surface area (Å²) in [6, 6.07) is 4.45. The van der Waals surface area contributed by atoms with E-state index in [4.69, 9.17) is 4.74 Å². The number of nitrogens with one attached hydrogen (secondary N) is 1. The van der Waals surface area contributed by atoms with E-state index in [0.717, 1.165) is 31.2 Å². The fourth-order valence-corrected chi connectivity index (χ4v) is 2.69. The fourth-order valence-electron chi connectivity index (χ4n) is 2.69. The highest BCUT2D eigenvalue weighted by molar-refractivity contribution is 5.53. The van der Waals surface area contributed by atoms with Gasteiger partial charge in [-0.25, -0.2) is 4.98 Å². The second-order valence-corrected chi connectivity index (χ2v) is 5.08. The minimum absolute atomic E-state index is 0.532. The standard InChI is InChI=1S/C15H25N3O/c1-3-9-16-12-13-7-4-5-11-18(13)15-14(19-2)8-6-10-17-15/h6,8,10,13,16H,3-5,7,9,11-12H2,1-2H3. The highest BCUT2D eigenvalue weighted by atomic mass is 16.5. The van der Waals surface area contributed by atoms with Gasteiger partial charge in [-0.2, -0.15) is 0 Å². The molecule has 0 aliphatic carbocycles. The topological polar surface area (TPSA) is 37.4 Å². The zero-order valence-corrected chi connectivity index (χ0v) is 12.1. The lowest BCUT2D eigenvalue weighted by Gasteiger charge is -2.37. The van der Waals surface area contributed by atoms with E-state index in [1.54, 1.807) is 7.11 Å². The number of piperidine rings is 1. The average Bonchev–Trinajstić information content (AvgIpc) is 2.48. The summed E-state index contributed by atoms with van der Waals surface area (Å²) in [4.78, 5) is 6.93. The summed E-state index contributed by atoms with van der Waals surface area (Å²) >= 11 is 0. The second-order valence-electron chi connectivity index (χ2n) is 5.08. The molecule has 1 atom stereocenters. The lowest BCUT2D eigenvalue weighted by molar-refractivity contribution is 0.396. The molecule has 1 aromatic rings. The van der Waals surface area contributed by atoms with Gasteiger partial charge in [0.25, 0.3) is 0 Å². The van der Waals surface area contributed by atoms with Crippen LogP contribution in [0.5, 0.6) is 5.75 Å². The summed E-state index contributed by atoms with van der Waals surface area (Å²) in [5.41, 5.74) is 0. The van der Waals surface area contributed by atoms with Crippen molar-refractivity contribution in [2.24, 2.45) is 0 Å². The largest absolute Gasteiger partial charge is 0.493 e. The van der Waals surface area contributed by atoms with Crippen molar-refractivity contribution in [1.82, 2.24) is 10.3 Å². The summed E-state index contributed by atoms with van der Waals surface area (Å²) in [5, 5.41) is 3.53. The van der Waals surface area contributed by atoms with Gasteiger partial charge in [0, 0.05) is 25.3 Å². The molecule has 1 aliphatic rings. The first kappa shape index (κ1) is 14.1. The highest BCUT2D eigenvalue weighted by Gasteiger charge is 2.25. The Kier molecular flexibility index (Phi) is 5.45. The van der Waals surface area contributed by atoms with Crippen molar-refractivity contribution in [3.8, 4) is 5.75 Å². The molecule has 0 radical (unpaired) electrons. The maximum Gasteiger partial charge on any atom is 0.171 e. The van der Waals surface area contributed by atoms with Gasteiger partial charge in [0.05, 0.1) is 7.11 Å². The molecule has 4 heteroatoms. The lowest BCUT2D eigenvalue weighted by atomic mass is 10.0. The quantitative estimate of drug-likeness (QED) is 0.800. The van der Waals surface area contributed by atoms with Crippen LogP contribution in [0.1, 0.15) is 32.6 Å². The molecule has 0 aromatic carbocycles. The molecule has 1 aliphatic heterocycles. The number of anilines is 1. The van der Waals surface area contributed by atoms with Gasteiger partial charge < -0.3 is 15.0 Å². The van der Waals surface area contributed by atoms with Crippen LogP contribution in [0.3, 0.4) is 0 Å². The van der Waals surface area contributed by atoms with Crippen LogP contribution in [0.4, 0.5) is 5.82 Å². The molecule has 0 saturated carbocycles. The minimum Gasteiger partial charge on any atom is -0.493 e. The van der Waals surface area contributed by atoms with Crippen molar-refractivity contribution in [3.63, 3.8) is 0 Å². The van der Waals surface area contributed by atoms with Gasteiger partial charge in [-0.15, -0.1) is 0 Å². The first-order valence-corrected chi connectivity index (χ1v) is 7.33. The third kappa shape index (κ3) is 3.60. The van der Waals surface area contributed by atoms with E-state index in [-0.39, 0.29) is 0 Å². The van der Waals surface area contributed by atoms with Crippen molar-refractivity contribution >= 4 is 5.82 Å². The van der Waals surface area contributed by atoms with Gasteiger partial charge in [-0.1, -0.05) is 6.92 Å². The van der Waals surface area contributed by atoms with Gasteiger partial charge in [-0.3, -0.25) is 0 Å². The molecule has 0 amide bonds. The Labute approximate surface area is 116 Å². The number of aromatic nitrogens is 1. The summed E-state index contributed by atoms with van der Waals surface area (Å²) < 4.78 is 5.45. The van der Waals surface area contributed by atoms with Crippen molar-refractivity contribution in [1.29, 1.82) is 0 Å². The number of rotatable bonds is 6. The van der Waals surface area contributed by atoms with E-state index in [1.807, 2.05) is 18.3 Å². The fraction of sp³-hybridized carbons (Fsp3) is 0.667. The maximum absolute atomic E-state index is 5.45. The average molecular weight is 263 g/mol. The monoisotopic (exact) mass is 263 g/mol. The number of hydrogen-bond donors (Lipinski definition) is 1. The molecule has 2 heterocycles. The Morgan fingerprint density at radius 1 is 1.47 bits per heavy atom. The predicted octanol–water partition coefficient (Wildman–Crippen LogP) is 2.45. The number of nitrogens with zero attached hydrogens (tertiary/aromatic N) is 2. The van der Waals surface area contributed by atoms with Crippen LogP contribution in [0.15, 0.2) is 18.3 Å². The second kappa shape index (κ2) is 7.34. The molecule has 2 rings (SSSR count). The van der Waals surface area contributed by atoms with Crippen LogP contribution >= 0.6 is 0 Å². The third-order valence-corrected chi connectivity index (χ3v) is 3.68. The summed E-state index contributed by atoms with van der Waals surface area (Å²) in [6.07, 6.45) is 6.81. The van der Waals surface area contributed by atoms with E-state index in [0.29, 0.717) is 6.04 Å². The molecule has 4 nitrogen and oxygen atoms in total. The minimum atomic E-state index is 0.532. The van der Waals surface area contributed by atoms with Crippen molar-refractivity contribution < 1.29 is 4.74 Å². The Balaban J connectivity index is 2.09. The molecule has 1 fully saturated rings. The first-order chi connectivity index (χ1) is 9.36. The number of hydrogen-bond acceptors (Lipinski definition) is 4. The van der Waals surface area contributed by atoms with Crippen LogP contribution in [0, 0.1) is 0 Å². The Morgan fingerprint density at radius 2 is 2.37 bits per heavy atom. The van der Waals surface area contributed by atoms with E-state index >= 15 is 0 Å². The highest BCUT2D eigenvalue weighted by Crippen LogP contribution is 2.30. The third-order valence-electron chi connectivity index (χ3n) is 3.68. The number of methoxy groups -OCH3 is 1. The number of ether oxygens (including phenoxy) is 1. The van der Waals surface area contributed by atoms with Crippen LogP contribution in [0.2, 0.25) is 0 Å². The van der Waals surface area contributed by atoms with Crippen molar-refractivity contribution in [2.75, 3.05) is 31.6 Å². The van der Waals surface area contributed by atoms with Crippen LogP contribution in [0.25, 0.3) is 0 Å². The van der Waals surface area contributed by atoms with Gasteiger partial charge in [-0.05, 0) is 44.4 Å². The summed E-state index contributed by atoms with van der Waals surface area (Å²) in [6.45, 7) is 5.40. The number of pyridine rings is 1. The molecule has 1 saturated heterocycles. The molecule has 0 spiro atoms. The SMILES string of the molecule is CCCNCC1CCCCN1c1ncccc1OC. The molecular formula is C15H25N3O. The molecule has 106 valence electrons. The van der Waals surface area contributed by atoms with Crippen LogP contribution in [-0.2, 0) is 0 Å². The molecule has 19 heavy (non-hydrogen) atoms. The molecule has 1 aromatic heterocycles. The molecular weight excluding hydrogens is 238 g/mol. The van der Waals surface area contributed by atoms with E-state index in [1.165, 1.54) is 25.7 Å². The molecule has 0 bridgehead atoms. The summed E-state index contributed by atoms with van der Waals surface area (Å²) in [7, 11) is 1.72. The maximum atomic E-state index is 5.45. The van der Waals surface area contributed by atoms with Crippen molar-refractivity contribution in [2.45, 2.75) is 38.6 Å². The normalized spacial score (nSPS) is 19.5. The van der Waals surface area contributed by atoms with Crippen molar-refractivity contribution in [3.05, 3.63) is 18.3 Å². The van der Waals surface area contributed by atoms with Crippen LogP contribution in [-0.4, -0.2) is 37.8 Å². The smallest absolute Gasteiger partial charge is 0.171 e. The molecule has 1 N–H and O–H groups in total. The van der Waals surface area contributed by atoms with Gasteiger partial charge in [0.2, 0.25) is 0 Å². The molecule has 1 unspecified atom stereocenters. The van der Waals surface area contributed by atoms with E-state index < -0.39 is 0 Å². The Bertz CT molecular complexity index is 383. The van der Waals surface area contributed by atoms with E-state index in [9.17, 15) is 0 Å². The lowest BCUT2D eigenvalue weighted by Crippen LogP contribution is -2.46. The first-order valence-electron chi connectivity index (χ1n) is 7.33. The Hall–Kier alpha value is -1.29. The van der Waals surface area contributed by atoms with Gasteiger partial charge in [0.1, 0.15) is 0 Å². The van der Waals surface area contributed by atoms with E-state index in [2.05, 4.69) is 22.1 Å². The predicted molar refractivity (Wildman–Crippen MR) is 78.9 cm³/mol.